The van der Waals surface area contributed by atoms with E-state index in [0.717, 1.165) is 29.8 Å². The van der Waals surface area contributed by atoms with Crippen molar-refractivity contribution in [2.45, 2.75) is 26.4 Å². The molecule has 0 unspecified atom stereocenters. The number of halogens is 5. The normalized spacial score (nSPS) is 12.0. The summed E-state index contributed by atoms with van der Waals surface area (Å²) < 4.78 is 52.0. The Labute approximate surface area is 155 Å². The van der Waals surface area contributed by atoms with Crippen LogP contribution in [0.25, 0.3) is 0 Å². The van der Waals surface area contributed by atoms with Gasteiger partial charge in [-0.05, 0) is 61.2 Å². The van der Waals surface area contributed by atoms with E-state index < -0.39 is 17.6 Å². The molecule has 0 aromatic heterocycles. The average molecular weight is 387 g/mol. The van der Waals surface area contributed by atoms with E-state index in [1.165, 1.54) is 6.07 Å². The molecule has 2 aromatic rings. The molecule has 0 aliphatic carbocycles. The van der Waals surface area contributed by atoms with E-state index in [1.54, 1.807) is 18.5 Å². The molecule has 140 valence electrons. The van der Waals surface area contributed by atoms with Crippen LogP contribution in [0.15, 0.2) is 35.3 Å². The Morgan fingerprint density at radius 3 is 2.50 bits per heavy atom. The van der Waals surface area contributed by atoms with Crippen LogP contribution in [0, 0.1) is 12.7 Å². The second-order valence-electron chi connectivity index (χ2n) is 6.04. The smallest absolute Gasteiger partial charge is 0.366 e. The van der Waals surface area contributed by atoms with Crippen molar-refractivity contribution in [3.8, 4) is 0 Å². The standard InChI is InChI=1S/C19H19ClF4N2/c1-4-26(3)11-25-18-7-12(2)14(10-16(18)20)8-13-5-6-17(21)15(9-13)19(22,23)24/h5-7,9-11H,4,8H2,1-3H3. The molecule has 0 atom stereocenters. The van der Waals surface area contributed by atoms with Gasteiger partial charge in [0.2, 0.25) is 0 Å². The lowest BCUT2D eigenvalue weighted by atomic mass is 9.98. The molecule has 0 radical (unpaired) electrons. The molecule has 0 aliphatic rings. The largest absolute Gasteiger partial charge is 0.419 e. The Hall–Kier alpha value is -2.08. The van der Waals surface area contributed by atoms with Crippen LogP contribution in [0.2, 0.25) is 5.02 Å². The van der Waals surface area contributed by atoms with Crippen molar-refractivity contribution in [1.29, 1.82) is 0 Å². The van der Waals surface area contributed by atoms with Crippen LogP contribution in [-0.2, 0) is 12.6 Å². The Morgan fingerprint density at radius 2 is 1.88 bits per heavy atom. The maximum atomic E-state index is 13.4. The van der Waals surface area contributed by atoms with Gasteiger partial charge < -0.3 is 4.90 Å². The van der Waals surface area contributed by atoms with Crippen LogP contribution in [0.3, 0.4) is 0 Å². The van der Waals surface area contributed by atoms with Gasteiger partial charge in [0, 0.05) is 13.6 Å². The van der Waals surface area contributed by atoms with Gasteiger partial charge in [-0.3, -0.25) is 0 Å². The van der Waals surface area contributed by atoms with Gasteiger partial charge in [0.05, 0.1) is 22.6 Å². The van der Waals surface area contributed by atoms with Gasteiger partial charge in [-0.15, -0.1) is 0 Å². The number of rotatable bonds is 5. The van der Waals surface area contributed by atoms with Crippen LogP contribution in [0.4, 0.5) is 23.2 Å². The molecule has 0 aliphatic heterocycles. The summed E-state index contributed by atoms with van der Waals surface area (Å²) in [4.78, 5) is 6.20. The third-order valence-corrected chi connectivity index (χ3v) is 4.33. The number of aryl methyl sites for hydroxylation is 1. The predicted molar refractivity (Wildman–Crippen MR) is 96.9 cm³/mol. The molecule has 0 spiro atoms. The van der Waals surface area contributed by atoms with E-state index in [9.17, 15) is 17.6 Å². The molecule has 0 fully saturated rings. The third-order valence-electron chi connectivity index (χ3n) is 4.03. The highest BCUT2D eigenvalue weighted by Crippen LogP contribution is 2.33. The van der Waals surface area contributed by atoms with Crippen molar-refractivity contribution < 1.29 is 17.6 Å². The van der Waals surface area contributed by atoms with E-state index >= 15 is 0 Å². The molecule has 7 heteroatoms. The van der Waals surface area contributed by atoms with Gasteiger partial charge in [-0.2, -0.15) is 13.2 Å². The Kier molecular flexibility index (Phi) is 6.29. The number of hydrogen-bond donors (Lipinski definition) is 0. The minimum absolute atomic E-state index is 0.216. The van der Waals surface area contributed by atoms with E-state index in [0.29, 0.717) is 16.3 Å². The summed E-state index contributed by atoms with van der Waals surface area (Å²) in [5, 5.41) is 0.407. The first-order valence-electron chi connectivity index (χ1n) is 8.01. The highest BCUT2D eigenvalue weighted by atomic mass is 35.5. The molecule has 26 heavy (non-hydrogen) atoms. The van der Waals surface area contributed by atoms with Crippen molar-refractivity contribution in [2.75, 3.05) is 13.6 Å². The molecular formula is C19H19ClF4N2. The Bertz CT molecular complexity index is 816. The fraction of sp³-hybridized carbons (Fsp3) is 0.316. The first kappa shape index (κ1) is 20.2. The summed E-state index contributed by atoms with van der Waals surface area (Å²) in [6.45, 7) is 4.62. The zero-order valence-electron chi connectivity index (χ0n) is 14.7. The van der Waals surface area contributed by atoms with Crippen molar-refractivity contribution >= 4 is 23.6 Å². The summed E-state index contributed by atoms with van der Waals surface area (Å²) in [5.74, 6) is -1.28. The first-order chi connectivity index (χ1) is 12.1. The summed E-state index contributed by atoms with van der Waals surface area (Å²) in [7, 11) is 1.88. The Balaban J connectivity index is 2.31. The Morgan fingerprint density at radius 1 is 1.19 bits per heavy atom. The molecule has 0 bridgehead atoms. The average Bonchev–Trinajstić information content (AvgIpc) is 2.56. The molecule has 0 saturated carbocycles. The minimum Gasteiger partial charge on any atom is -0.366 e. The van der Waals surface area contributed by atoms with Gasteiger partial charge >= 0.3 is 6.18 Å². The number of aliphatic imine (C=N–C) groups is 1. The van der Waals surface area contributed by atoms with Gasteiger partial charge in [0.15, 0.2) is 0 Å². The van der Waals surface area contributed by atoms with Gasteiger partial charge in [0.1, 0.15) is 5.82 Å². The summed E-state index contributed by atoms with van der Waals surface area (Å²) in [5.41, 5.74) is 1.29. The number of benzene rings is 2. The lowest BCUT2D eigenvalue weighted by Crippen LogP contribution is -2.14. The van der Waals surface area contributed by atoms with Gasteiger partial charge in [-0.1, -0.05) is 17.7 Å². The molecule has 2 aromatic carbocycles. The zero-order valence-corrected chi connectivity index (χ0v) is 15.4. The second kappa shape index (κ2) is 8.08. The van der Waals surface area contributed by atoms with Gasteiger partial charge in [-0.25, -0.2) is 9.38 Å². The maximum Gasteiger partial charge on any atom is 0.419 e. The number of alkyl halides is 3. The zero-order chi connectivity index (χ0) is 19.5. The van der Waals surface area contributed by atoms with Crippen molar-refractivity contribution in [3.05, 3.63) is 63.4 Å². The molecule has 0 N–H and O–H groups in total. The highest BCUT2D eigenvalue weighted by Gasteiger charge is 2.34. The van der Waals surface area contributed by atoms with Crippen LogP contribution in [-0.4, -0.2) is 24.8 Å². The quantitative estimate of drug-likeness (QED) is 0.349. The van der Waals surface area contributed by atoms with Crippen LogP contribution in [0.1, 0.15) is 29.2 Å². The molecule has 0 amide bonds. The summed E-state index contributed by atoms with van der Waals surface area (Å²) >= 11 is 6.25. The first-order valence-corrected chi connectivity index (χ1v) is 8.38. The van der Waals surface area contributed by atoms with Crippen molar-refractivity contribution in [3.63, 3.8) is 0 Å². The molecule has 2 nitrogen and oxygen atoms in total. The summed E-state index contributed by atoms with van der Waals surface area (Å²) in [6, 6.07) is 6.50. The lowest BCUT2D eigenvalue weighted by Gasteiger charge is -2.13. The molecule has 2 rings (SSSR count). The van der Waals surface area contributed by atoms with E-state index in [-0.39, 0.29) is 6.42 Å². The lowest BCUT2D eigenvalue weighted by molar-refractivity contribution is -0.140. The van der Waals surface area contributed by atoms with Crippen molar-refractivity contribution in [1.82, 2.24) is 4.90 Å². The fourth-order valence-electron chi connectivity index (χ4n) is 2.36. The molecule has 0 heterocycles. The third kappa shape index (κ3) is 4.97. The summed E-state index contributed by atoms with van der Waals surface area (Å²) in [6.07, 6.45) is -2.85. The fourth-order valence-corrected chi connectivity index (χ4v) is 2.59. The predicted octanol–water partition coefficient (Wildman–Crippen LogP) is 6.01. The van der Waals surface area contributed by atoms with Crippen LogP contribution < -0.4 is 0 Å². The monoisotopic (exact) mass is 386 g/mol. The molecule has 0 saturated heterocycles. The van der Waals surface area contributed by atoms with Gasteiger partial charge in [0.25, 0.3) is 0 Å². The number of nitrogens with zero attached hydrogens (tertiary/aromatic N) is 2. The number of hydrogen-bond acceptors (Lipinski definition) is 1. The maximum absolute atomic E-state index is 13.4. The van der Waals surface area contributed by atoms with E-state index in [4.69, 9.17) is 11.6 Å². The molecular weight excluding hydrogens is 368 g/mol. The topological polar surface area (TPSA) is 15.6 Å². The van der Waals surface area contributed by atoms with E-state index in [2.05, 4.69) is 4.99 Å². The highest BCUT2D eigenvalue weighted by molar-refractivity contribution is 6.33. The van der Waals surface area contributed by atoms with Crippen molar-refractivity contribution in [2.24, 2.45) is 4.99 Å². The van der Waals surface area contributed by atoms with E-state index in [1.807, 2.05) is 25.8 Å². The minimum atomic E-state index is -4.73. The second-order valence-corrected chi connectivity index (χ2v) is 6.44. The van der Waals surface area contributed by atoms with Crippen LogP contribution >= 0.6 is 11.6 Å². The SMILES string of the molecule is CCN(C)C=Nc1cc(C)c(Cc2ccc(F)c(C(F)(F)F)c2)cc1Cl. The van der Waals surface area contributed by atoms with Crippen LogP contribution in [0.5, 0.6) is 0 Å².